The van der Waals surface area contributed by atoms with Crippen LogP contribution in [0.1, 0.15) is 47.2 Å². The van der Waals surface area contributed by atoms with Crippen LogP contribution in [0.25, 0.3) is 0 Å². The van der Waals surface area contributed by atoms with Gasteiger partial charge in [-0.1, -0.05) is 6.07 Å². The molecule has 1 atom stereocenters. The molecule has 0 N–H and O–H groups in total. The Hall–Kier alpha value is -3.54. The first-order valence-electron chi connectivity index (χ1n) is 11.3. The lowest BCUT2D eigenvalue weighted by Gasteiger charge is -2.28. The van der Waals surface area contributed by atoms with Gasteiger partial charge in [0.1, 0.15) is 11.5 Å². The quantitative estimate of drug-likeness (QED) is 0.424. The molecule has 0 aliphatic carbocycles. The van der Waals surface area contributed by atoms with Gasteiger partial charge in [-0.2, -0.15) is 0 Å². The van der Waals surface area contributed by atoms with E-state index in [1.165, 1.54) is 12.7 Å². The SMILES string of the molecule is CCOc1ccc(N(C)c2ccc3c(c2)OCC[C@H]3CCc2cnccc2C(=O)OC)cc1. The molecular weight excluding hydrogens is 416 g/mol. The molecule has 0 unspecified atom stereocenters. The number of nitrogens with zero attached hydrogens (tertiary/aromatic N) is 2. The third-order valence-corrected chi connectivity index (χ3v) is 6.15. The Morgan fingerprint density at radius 3 is 2.70 bits per heavy atom. The van der Waals surface area contributed by atoms with E-state index in [0.29, 0.717) is 24.7 Å². The number of methoxy groups -OCH3 is 1. The number of pyridine rings is 1. The van der Waals surface area contributed by atoms with Gasteiger partial charge in [0.25, 0.3) is 0 Å². The number of benzene rings is 2. The Balaban J connectivity index is 1.49. The summed E-state index contributed by atoms with van der Waals surface area (Å²) in [7, 11) is 3.46. The number of esters is 1. The molecule has 0 saturated heterocycles. The van der Waals surface area contributed by atoms with Crippen molar-refractivity contribution in [3.63, 3.8) is 0 Å². The van der Waals surface area contributed by atoms with Crippen molar-refractivity contribution in [2.45, 2.75) is 32.1 Å². The molecule has 2 heterocycles. The van der Waals surface area contributed by atoms with E-state index in [4.69, 9.17) is 14.2 Å². The topological polar surface area (TPSA) is 60.9 Å². The average Bonchev–Trinajstić information content (AvgIpc) is 2.87. The number of rotatable bonds is 8. The van der Waals surface area contributed by atoms with Crippen LogP contribution < -0.4 is 14.4 Å². The Bertz CT molecular complexity index is 1100. The fraction of sp³-hybridized carbons (Fsp3) is 0.333. The highest BCUT2D eigenvalue weighted by Gasteiger charge is 2.23. The fourth-order valence-electron chi connectivity index (χ4n) is 4.31. The van der Waals surface area contributed by atoms with Crippen LogP contribution in [0.4, 0.5) is 11.4 Å². The van der Waals surface area contributed by atoms with Gasteiger partial charge in [-0.15, -0.1) is 0 Å². The third kappa shape index (κ3) is 5.11. The van der Waals surface area contributed by atoms with E-state index in [1.54, 1.807) is 18.5 Å². The van der Waals surface area contributed by atoms with E-state index in [1.807, 2.05) is 19.1 Å². The van der Waals surface area contributed by atoms with Gasteiger partial charge in [0, 0.05) is 36.9 Å². The van der Waals surface area contributed by atoms with Crippen molar-refractivity contribution < 1.29 is 19.0 Å². The molecule has 4 rings (SSSR count). The number of anilines is 2. The van der Waals surface area contributed by atoms with Gasteiger partial charge in [0.15, 0.2) is 0 Å². The maximum atomic E-state index is 12.1. The number of hydrogen-bond donors (Lipinski definition) is 0. The Labute approximate surface area is 195 Å². The molecule has 0 amide bonds. The highest BCUT2D eigenvalue weighted by atomic mass is 16.5. The minimum Gasteiger partial charge on any atom is -0.494 e. The summed E-state index contributed by atoms with van der Waals surface area (Å²) in [6.07, 6.45) is 6.02. The van der Waals surface area contributed by atoms with Gasteiger partial charge in [-0.3, -0.25) is 4.98 Å². The molecular formula is C27H30N2O4. The third-order valence-electron chi connectivity index (χ3n) is 6.15. The lowest BCUT2D eigenvalue weighted by atomic mass is 9.87. The number of fused-ring (bicyclic) bond motifs is 1. The van der Waals surface area contributed by atoms with Gasteiger partial charge in [0.05, 0.1) is 25.9 Å². The summed E-state index contributed by atoms with van der Waals surface area (Å²) >= 11 is 0. The van der Waals surface area contributed by atoms with Crippen LogP contribution in [0.2, 0.25) is 0 Å². The van der Waals surface area contributed by atoms with E-state index >= 15 is 0 Å². The molecule has 6 nitrogen and oxygen atoms in total. The zero-order chi connectivity index (χ0) is 23.2. The molecule has 0 saturated carbocycles. The molecule has 0 spiro atoms. The van der Waals surface area contributed by atoms with Crippen molar-refractivity contribution in [2.24, 2.45) is 0 Å². The number of ether oxygens (including phenoxy) is 3. The molecule has 0 bridgehead atoms. The van der Waals surface area contributed by atoms with Gasteiger partial charge in [0.2, 0.25) is 0 Å². The van der Waals surface area contributed by atoms with E-state index in [-0.39, 0.29) is 5.97 Å². The molecule has 0 fully saturated rings. The molecule has 1 aliphatic rings. The molecule has 1 aromatic heterocycles. The van der Waals surface area contributed by atoms with Crippen LogP contribution in [-0.2, 0) is 11.2 Å². The number of hydrogen-bond acceptors (Lipinski definition) is 6. The second-order valence-corrected chi connectivity index (χ2v) is 8.11. The maximum absolute atomic E-state index is 12.1. The molecule has 6 heteroatoms. The zero-order valence-corrected chi connectivity index (χ0v) is 19.4. The number of aromatic nitrogens is 1. The van der Waals surface area contributed by atoms with Gasteiger partial charge in [-0.25, -0.2) is 4.79 Å². The molecule has 172 valence electrons. The summed E-state index contributed by atoms with van der Waals surface area (Å²) in [5, 5.41) is 0. The van der Waals surface area contributed by atoms with Crippen LogP contribution >= 0.6 is 0 Å². The standard InChI is InChI=1S/C27H30N2O4/c1-4-32-23-10-7-21(8-11-23)29(2)22-9-12-24-19(14-16-33-26(24)17-22)5-6-20-18-28-15-13-25(20)27(30)31-3/h7-13,15,17-19H,4-6,14,16H2,1-3H3/t19-/m1/s1. The first-order chi connectivity index (χ1) is 16.1. The Kier molecular flexibility index (Phi) is 7.13. The monoisotopic (exact) mass is 446 g/mol. The van der Waals surface area contributed by atoms with Crippen molar-refractivity contribution in [1.82, 2.24) is 4.98 Å². The van der Waals surface area contributed by atoms with Crippen molar-refractivity contribution in [3.05, 3.63) is 77.6 Å². The number of carbonyl (C=O) groups is 1. The highest BCUT2D eigenvalue weighted by molar-refractivity contribution is 5.90. The predicted molar refractivity (Wildman–Crippen MR) is 129 cm³/mol. The van der Waals surface area contributed by atoms with E-state index in [0.717, 1.165) is 47.7 Å². The first kappa shape index (κ1) is 22.6. The second kappa shape index (κ2) is 10.4. The van der Waals surface area contributed by atoms with Gasteiger partial charge < -0.3 is 19.1 Å². The van der Waals surface area contributed by atoms with Crippen molar-refractivity contribution in [3.8, 4) is 11.5 Å². The first-order valence-corrected chi connectivity index (χ1v) is 11.3. The molecule has 1 aliphatic heterocycles. The fourth-order valence-corrected chi connectivity index (χ4v) is 4.31. The summed E-state index contributed by atoms with van der Waals surface area (Å²) in [6.45, 7) is 3.32. The Morgan fingerprint density at radius 1 is 1.15 bits per heavy atom. The zero-order valence-electron chi connectivity index (χ0n) is 19.4. The minimum atomic E-state index is -0.318. The van der Waals surface area contributed by atoms with Crippen molar-refractivity contribution >= 4 is 17.3 Å². The summed E-state index contributed by atoms with van der Waals surface area (Å²) in [5.74, 6) is 1.85. The van der Waals surface area contributed by atoms with E-state index in [2.05, 4.69) is 47.3 Å². The molecule has 33 heavy (non-hydrogen) atoms. The van der Waals surface area contributed by atoms with E-state index in [9.17, 15) is 4.79 Å². The van der Waals surface area contributed by atoms with Crippen LogP contribution in [0.5, 0.6) is 11.5 Å². The second-order valence-electron chi connectivity index (χ2n) is 8.11. The van der Waals surface area contributed by atoms with Crippen molar-refractivity contribution in [1.29, 1.82) is 0 Å². The summed E-state index contributed by atoms with van der Waals surface area (Å²) < 4.78 is 16.5. The predicted octanol–water partition coefficient (Wildman–Crippen LogP) is 5.53. The Morgan fingerprint density at radius 2 is 1.94 bits per heavy atom. The van der Waals surface area contributed by atoms with Crippen molar-refractivity contribution in [2.75, 3.05) is 32.3 Å². The summed E-state index contributed by atoms with van der Waals surface area (Å²) in [5.41, 5.74) is 4.88. The molecule has 0 radical (unpaired) electrons. The largest absolute Gasteiger partial charge is 0.494 e. The lowest BCUT2D eigenvalue weighted by molar-refractivity contribution is 0.0599. The number of aryl methyl sites for hydroxylation is 1. The maximum Gasteiger partial charge on any atom is 0.338 e. The van der Waals surface area contributed by atoms with Crippen LogP contribution in [0, 0.1) is 0 Å². The summed E-state index contributed by atoms with van der Waals surface area (Å²) in [6, 6.07) is 16.2. The van der Waals surface area contributed by atoms with Crippen LogP contribution in [0.15, 0.2) is 60.9 Å². The van der Waals surface area contributed by atoms with E-state index < -0.39 is 0 Å². The number of carbonyl (C=O) groups excluding carboxylic acids is 1. The van der Waals surface area contributed by atoms with Crippen LogP contribution in [0.3, 0.4) is 0 Å². The minimum absolute atomic E-state index is 0.318. The summed E-state index contributed by atoms with van der Waals surface area (Å²) in [4.78, 5) is 18.4. The highest BCUT2D eigenvalue weighted by Crippen LogP contribution is 2.40. The van der Waals surface area contributed by atoms with Crippen LogP contribution in [-0.4, -0.2) is 38.3 Å². The van der Waals surface area contributed by atoms with Gasteiger partial charge >= 0.3 is 5.97 Å². The normalized spacial score (nSPS) is 14.7. The smallest absolute Gasteiger partial charge is 0.338 e. The average molecular weight is 447 g/mol. The molecule has 2 aromatic carbocycles. The molecule has 3 aromatic rings. The lowest BCUT2D eigenvalue weighted by Crippen LogP contribution is -2.17. The van der Waals surface area contributed by atoms with Gasteiger partial charge in [-0.05, 0) is 79.6 Å².